The monoisotopic (exact) mass is 264 g/mol. The highest BCUT2D eigenvalue weighted by molar-refractivity contribution is 5.49. The van der Waals surface area contributed by atoms with Gasteiger partial charge in [-0.05, 0) is 30.0 Å². The topological polar surface area (TPSA) is 0 Å². The summed E-state index contributed by atoms with van der Waals surface area (Å²) >= 11 is 0. The van der Waals surface area contributed by atoms with Gasteiger partial charge in [-0.2, -0.15) is 0 Å². The lowest BCUT2D eigenvalue weighted by Crippen LogP contribution is -2.02. The van der Waals surface area contributed by atoms with Gasteiger partial charge in [0, 0.05) is 5.92 Å². The molecule has 2 aromatic rings. The Morgan fingerprint density at radius 1 is 1.05 bits per heavy atom. The Balaban J connectivity index is 2.38. The maximum absolute atomic E-state index is 3.88. The van der Waals surface area contributed by atoms with Crippen LogP contribution in [0.25, 0.3) is 6.08 Å². The number of hydrogen-bond acceptors (Lipinski definition) is 0. The van der Waals surface area contributed by atoms with Crippen LogP contribution >= 0.6 is 0 Å². The smallest absolute Gasteiger partial charge is 0.00896 e. The molecule has 0 amide bonds. The van der Waals surface area contributed by atoms with Gasteiger partial charge >= 0.3 is 0 Å². The minimum atomic E-state index is 0.495. The van der Waals surface area contributed by atoms with Crippen LogP contribution in [-0.2, 0) is 0 Å². The van der Waals surface area contributed by atoms with Crippen LogP contribution in [0.3, 0.4) is 0 Å². The summed E-state index contributed by atoms with van der Waals surface area (Å²) in [6, 6.07) is 17.7. The second kappa shape index (κ2) is 7.09. The molecule has 0 aliphatic rings. The van der Waals surface area contributed by atoms with Crippen molar-refractivity contribution >= 4 is 6.08 Å². The first kappa shape index (κ1) is 14.6. The molecule has 1 atom stereocenters. The summed E-state index contributed by atoms with van der Waals surface area (Å²) in [6.45, 7) is 8.31. The van der Waals surface area contributed by atoms with Crippen LogP contribution < -0.4 is 0 Å². The highest BCUT2D eigenvalue weighted by atomic mass is 14.2. The van der Waals surface area contributed by atoms with Gasteiger partial charge in [0.25, 0.3) is 0 Å². The lowest BCUT2D eigenvalue weighted by molar-refractivity contribution is 0.650. The van der Waals surface area contributed by atoms with Gasteiger partial charge < -0.3 is 0 Å². The lowest BCUT2D eigenvalue weighted by Gasteiger charge is -2.19. The zero-order valence-electron chi connectivity index (χ0n) is 12.6. The van der Waals surface area contributed by atoms with Gasteiger partial charge in [0.2, 0.25) is 0 Å². The quantitative estimate of drug-likeness (QED) is 0.604. The van der Waals surface area contributed by atoms with E-state index in [-0.39, 0.29) is 0 Å². The van der Waals surface area contributed by atoms with Gasteiger partial charge in [-0.1, -0.05) is 86.5 Å². The first-order valence-electron chi connectivity index (χ1n) is 7.53. The summed E-state index contributed by atoms with van der Waals surface area (Å²) < 4.78 is 0. The molecular weight excluding hydrogens is 240 g/mol. The van der Waals surface area contributed by atoms with Crippen molar-refractivity contribution in [3.8, 4) is 0 Å². The molecule has 0 N–H and O–H groups in total. The third-order valence-corrected chi connectivity index (χ3v) is 3.84. The zero-order valence-corrected chi connectivity index (χ0v) is 12.6. The van der Waals surface area contributed by atoms with Gasteiger partial charge in [-0.3, -0.25) is 0 Å². The van der Waals surface area contributed by atoms with Crippen LogP contribution in [0.15, 0.2) is 55.1 Å². The summed E-state index contributed by atoms with van der Waals surface area (Å²) in [7, 11) is 0. The van der Waals surface area contributed by atoms with E-state index in [1.54, 1.807) is 0 Å². The van der Waals surface area contributed by atoms with Crippen molar-refractivity contribution < 1.29 is 0 Å². The van der Waals surface area contributed by atoms with E-state index in [4.69, 9.17) is 0 Å². The molecule has 0 bridgehead atoms. The molecule has 0 spiro atoms. The maximum Gasteiger partial charge on any atom is 0.00896 e. The largest absolute Gasteiger partial charge is 0.0985 e. The predicted molar refractivity (Wildman–Crippen MR) is 89.1 cm³/mol. The third-order valence-electron chi connectivity index (χ3n) is 3.84. The summed E-state index contributed by atoms with van der Waals surface area (Å²) in [5.74, 6) is 0.495. The van der Waals surface area contributed by atoms with Gasteiger partial charge in [-0.25, -0.2) is 0 Å². The molecule has 0 nitrogen and oxygen atoms in total. The summed E-state index contributed by atoms with van der Waals surface area (Å²) in [5, 5.41) is 0. The predicted octanol–water partition coefficient (Wildman–Crippen LogP) is 5.96. The minimum absolute atomic E-state index is 0.495. The molecule has 0 radical (unpaired) electrons. The van der Waals surface area contributed by atoms with E-state index in [0.717, 1.165) is 0 Å². The van der Waals surface area contributed by atoms with Crippen molar-refractivity contribution in [2.45, 2.75) is 39.0 Å². The second-order valence-corrected chi connectivity index (χ2v) is 5.48. The number of rotatable bonds is 6. The standard InChI is InChI=1S/C20H24/c1-4-6-13-20(18-11-7-9-16(3)14-18)19-12-8-10-17(5-2)15-19/h5,7-12,14-15,20H,2,4,6,13H2,1,3H3. The minimum Gasteiger partial charge on any atom is -0.0985 e. The van der Waals surface area contributed by atoms with Crippen LogP contribution in [0.1, 0.15) is 54.4 Å². The highest BCUT2D eigenvalue weighted by Crippen LogP contribution is 2.31. The van der Waals surface area contributed by atoms with Gasteiger partial charge in [0.15, 0.2) is 0 Å². The molecule has 0 aromatic heterocycles. The fourth-order valence-electron chi connectivity index (χ4n) is 2.72. The van der Waals surface area contributed by atoms with Crippen LogP contribution in [0, 0.1) is 6.92 Å². The Bertz CT molecular complexity index is 566. The Kier molecular flexibility index (Phi) is 5.17. The van der Waals surface area contributed by atoms with Crippen molar-refractivity contribution in [3.05, 3.63) is 77.4 Å². The molecular formula is C20H24. The van der Waals surface area contributed by atoms with E-state index in [1.807, 2.05) is 6.08 Å². The molecule has 0 heterocycles. The van der Waals surface area contributed by atoms with Crippen molar-refractivity contribution in [1.82, 2.24) is 0 Å². The van der Waals surface area contributed by atoms with Crippen molar-refractivity contribution in [2.75, 3.05) is 0 Å². The van der Waals surface area contributed by atoms with Crippen molar-refractivity contribution in [3.63, 3.8) is 0 Å². The van der Waals surface area contributed by atoms with E-state index in [1.165, 1.54) is 41.5 Å². The fourth-order valence-corrected chi connectivity index (χ4v) is 2.72. The van der Waals surface area contributed by atoms with Crippen molar-refractivity contribution in [1.29, 1.82) is 0 Å². The first-order valence-corrected chi connectivity index (χ1v) is 7.53. The number of aryl methyl sites for hydroxylation is 1. The van der Waals surface area contributed by atoms with Crippen LogP contribution in [0.2, 0.25) is 0 Å². The van der Waals surface area contributed by atoms with E-state index in [2.05, 4.69) is 69.0 Å². The molecule has 20 heavy (non-hydrogen) atoms. The Morgan fingerprint density at radius 2 is 1.75 bits per heavy atom. The molecule has 0 fully saturated rings. The molecule has 1 unspecified atom stereocenters. The number of unbranched alkanes of at least 4 members (excludes halogenated alkanes) is 1. The average molecular weight is 264 g/mol. The second-order valence-electron chi connectivity index (χ2n) is 5.48. The van der Waals surface area contributed by atoms with Gasteiger partial charge in [-0.15, -0.1) is 0 Å². The Hall–Kier alpha value is -1.82. The van der Waals surface area contributed by atoms with Gasteiger partial charge in [0.05, 0.1) is 0 Å². The molecule has 104 valence electrons. The van der Waals surface area contributed by atoms with Crippen LogP contribution in [0.4, 0.5) is 0 Å². The normalized spacial score (nSPS) is 12.1. The first-order chi connectivity index (χ1) is 9.74. The van der Waals surface area contributed by atoms with E-state index in [9.17, 15) is 0 Å². The number of hydrogen-bond donors (Lipinski definition) is 0. The van der Waals surface area contributed by atoms with Crippen LogP contribution in [0.5, 0.6) is 0 Å². The van der Waals surface area contributed by atoms with Gasteiger partial charge in [0.1, 0.15) is 0 Å². The van der Waals surface area contributed by atoms with Crippen LogP contribution in [-0.4, -0.2) is 0 Å². The summed E-state index contributed by atoms with van der Waals surface area (Å²) in [5.41, 5.74) is 5.38. The summed E-state index contributed by atoms with van der Waals surface area (Å²) in [4.78, 5) is 0. The Labute approximate surface area is 123 Å². The zero-order chi connectivity index (χ0) is 14.4. The molecule has 0 saturated carbocycles. The number of benzene rings is 2. The highest BCUT2D eigenvalue weighted by Gasteiger charge is 2.14. The molecule has 2 rings (SSSR count). The van der Waals surface area contributed by atoms with E-state index >= 15 is 0 Å². The lowest BCUT2D eigenvalue weighted by atomic mass is 9.86. The molecule has 0 heteroatoms. The van der Waals surface area contributed by atoms with Crippen molar-refractivity contribution in [2.24, 2.45) is 0 Å². The molecule has 0 aliphatic heterocycles. The SMILES string of the molecule is C=Cc1cccc(C(CCCC)c2cccc(C)c2)c1. The molecule has 0 aliphatic carbocycles. The summed E-state index contributed by atoms with van der Waals surface area (Å²) in [6.07, 6.45) is 5.64. The molecule has 0 saturated heterocycles. The Morgan fingerprint density at radius 3 is 2.40 bits per heavy atom. The maximum atomic E-state index is 3.88. The molecule has 2 aromatic carbocycles. The third kappa shape index (κ3) is 3.60. The van der Waals surface area contributed by atoms with E-state index in [0.29, 0.717) is 5.92 Å². The average Bonchev–Trinajstić information content (AvgIpc) is 2.48. The fraction of sp³-hybridized carbons (Fsp3) is 0.300. The van der Waals surface area contributed by atoms with E-state index < -0.39 is 0 Å².